The molecule has 2 aromatic carbocycles. The summed E-state index contributed by atoms with van der Waals surface area (Å²) in [5.41, 5.74) is 0.977. The second-order valence-corrected chi connectivity index (χ2v) is 7.91. The van der Waals surface area contributed by atoms with Crippen LogP contribution < -0.4 is 0 Å². The van der Waals surface area contributed by atoms with E-state index in [1.54, 1.807) is 30.3 Å². The molecule has 1 aliphatic rings. The van der Waals surface area contributed by atoms with Crippen LogP contribution >= 0.6 is 22.9 Å². The third-order valence-electron chi connectivity index (χ3n) is 4.71. The number of aromatic nitrogens is 2. The van der Waals surface area contributed by atoms with Crippen LogP contribution in [0.4, 0.5) is 4.39 Å². The molecule has 1 amide bonds. The normalized spacial score (nSPS) is 17.1. The minimum absolute atomic E-state index is 0.0656. The first kappa shape index (κ1) is 18.1. The fourth-order valence-corrected chi connectivity index (χ4v) is 4.52. The Hall–Kier alpha value is -2.31. The van der Waals surface area contributed by atoms with Crippen molar-refractivity contribution < 1.29 is 9.18 Å². The second-order valence-electron chi connectivity index (χ2n) is 6.50. The van der Waals surface area contributed by atoms with Crippen molar-refractivity contribution in [2.75, 3.05) is 13.1 Å². The van der Waals surface area contributed by atoms with E-state index in [-0.39, 0.29) is 17.6 Å². The van der Waals surface area contributed by atoms with Gasteiger partial charge in [0.1, 0.15) is 10.8 Å². The van der Waals surface area contributed by atoms with Crippen molar-refractivity contribution in [2.45, 2.75) is 18.8 Å². The van der Waals surface area contributed by atoms with Crippen molar-refractivity contribution in [2.24, 2.45) is 0 Å². The lowest BCUT2D eigenvalue weighted by molar-refractivity contribution is 0.0707. The standard InChI is InChI=1S/C20H17ClFN3OS/c21-16-9-3-1-7-14(16)20(26)25-11-5-6-13(12-25)18-23-24-19(27-18)15-8-2-4-10-17(15)22/h1-4,7-10,13H,5-6,11-12H2. The van der Waals surface area contributed by atoms with Crippen molar-refractivity contribution in [1.29, 1.82) is 0 Å². The lowest BCUT2D eigenvalue weighted by Gasteiger charge is -2.31. The topological polar surface area (TPSA) is 46.1 Å². The molecule has 138 valence electrons. The zero-order valence-electron chi connectivity index (χ0n) is 14.4. The van der Waals surface area contributed by atoms with Crippen LogP contribution in [0.25, 0.3) is 10.6 Å². The molecular formula is C20H17ClFN3OS. The number of piperidine rings is 1. The number of benzene rings is 2. The van der Waals surface area contributed by atoms with E-state index in [4.69, 9.17) is 11.6 Å². The predicted octanol–water partition coefficient (Wildman–Crippen LogP) is 5.02. The molecular weight excluding hydrogens is 385 g/mol. The molecule has 7 heteroatoms. The summed E-state index contributed by atoms with van der Waals surface area (Å²) < 4.78 is 14.0. The van der Waals surface area contributed by atoms with Gasteiger partial charge in [0, 0.05) is 24.6 Å². The molecule has 4 rings (SSSR count). The maximum atomic E-state index is 14.0. The van der Waals surface area contributed by atoms with Crippen LogP contribution in [0.2, 0.25) is 5.02 Å². The van der Waals surface area contributed by atoms with Gasteiger partial charge in [0.15, 0.2) is 5.01 Å². The number of hydrogen-bond donors (Lipinski definition) is 0. The van der Waals surface area contributed by atoms with E-state index in [9.17, 15) is 9.18 Å². The van der Waals surface area contributed by atoms with E-state index in [2.05, 4.69) is 10.2 Å². The molecule has 0 spiro atoms. The molecule has 1 fully saturated rings. The Balaban J connectivity index is 1.53. The first-order valence-electron chi connectivity index (χ1n) is 8.75. The van der Waals surface area contributed by atoms with Gasteiger partial charge in [-0.1, -0.05) is 47.2 Å². The monoisotopic (exact) mass is 401 g/mol. The van der Waals surface area contributed by atoms with Gasteiger partial charge in [-0.05, 0) is 37.1 Å². The molecule has 3 aromatic rings. The zero-order valence-corrected chi connectivity index (χ0v) is 16.0. The summed E-state index contributed by atoms with van der Waals surface area (Å²) in [6.45, 7) is 1.26. The quantitative estimate of drug-likeness (QED) is 0.619. The predicted molar refractivity (Wildman–Crippen MR) is 105 cm³/mol. The summed E-state index contributed by atoms with van der Waals surface area (Å²) in [5.74, 6) is -0.272. The Morgan fingerprint density at radius 3 is 2.74 bits per heavy atom. The molecule has 1 atom stereocenters. The van der Waals surface area contributed by atoms with E-state index >= 15 is 0 Å². The van der Waals surface area contributed by atoms with Crippen molar-refractivity contribution in [3.8, 4) is 10.6 Å². The van der Waals surface area contributed by atoms with Gasteiger partial charge in [-0.3, -0.25) is 4.79 Å². The van der Waals surface area contributed by atoms with Crippen LogP contribution in [0.1, 0.15) is 34.1 Å². The van der Waals surface area contributed by atoms with E-state index in [1.807, 2.05) is 17.0 Å². The minimum atomic E-state index is -0.306. The summed E-state index contributed by atoms with van der Waals surface area (Å²) in [4.78, 5) is 14.6. The van der Waals surface area contributed by atoms with Gasteiger partial charge >= 0.3 is 0 Å². The number of hydrogen-bond acceptors (Lipinski definition) is 4. The molecule has 1 unspecified atom stereocenters. The number of likely N-dealkylation sites (tertiary alicyclic amines) is 1. The molecule has 1 saturated heterocycles. The van der Waals surface area contributed by atoms with Crippen LogP contribution in [0.5, 0.6) is 0 Å². The molecule has 2 heterocycles. The van der Waals surface area contributed by atoms with Gasteiger partial charge in [-0.15, -0.1) is 10.2 Å². The van der Waals surface area contributed by atoms with Crippen molar-refractivity contribution >= 4 is 28.8 Å². The summed E-state index contributed by atoms with van der Waals surface area (Å²) in [6.07, 6.45) is 1.81. The number of rotatable bonds is 3. The van der Waals surface area contributed by atoms with E-state index in [0.717, 1.165) is 17.8 Å². The highest BCUT2D eigenvalue weighted by Gasteiger charge is 2.28. The van der Waals surface area contributed by atoms with Crippen LogP contribution in [0, 0.1) is 5.82 Å². The molecule has 0 radical (unpaired) electrons. The highest BCUT2D eigenvalue weighted by Crippen LogP contribution is 2.34. The van der Waals surface area contributed by atoms with Crippen LogP contribution in [-0.4, -0.2) is 34.1 Å². The average molecular weight is 402 g/mol. The molecule has 0 N–H and O–H groups in total. The van der Waals surface area contributed by atoms with E-state index in [0.29, 0.717) is 34.2 Å². The SMILES string of the molecule is O=C(c1ccccc1Cl)N1CCCC(c2nnc(-c3ccccc3F)s2)C1. The van der Waals surface area contributed by atoms with E-state index in [1.165, 1.54) is 17.4 Å². The Kier molecular flexibility index (Phi) is 5.18. The third kappa shape index (κ3) is 3.73. The maximum absolute atomic E-state index is 14.0. The Morgan fingerprint density at radius 2 is 1.93 bits per heavy atom. The largest absolute Gasteiger partial charge is 0.338 e. The lowest BCUT2D eigenvalue weighted by atomic mass is 9.98. The van der Waals surface area contributed by atoms with Gasteiger partial charge in [-0.25, -0.2) is 4.39 Å². The number of carbonyl (C=O) groups excluding carboxylic acids is 1. The Labute approximate surface area is 165 Å². The first-order valence-corrected chi connectivity index (χ1v) is 9.95. The van der Waals surface area contributed by atoms with Crippen LogP contribution in [-0.2, 0) is 0 Å². The lowest BCUT2D eigenvalue weighted by Crippen LogP contribution is -2.39. The molecule has 4 nitrogen and oxygen atoms in total. The molecule has 0 bridgehead atoms. The van der Waals surface area contributed by atoms with Gasteiger partial charge in [0.2, 0.25) is 0 Å². The molecule has 0 aliphatic carbocycles. The zero-order chi connectivity index (χ0) is 18.8. The summed E-state index contributed by atoms with van der Waals surface area (Å²) >= 11 is 7.57. The molecule has 0 saturated carbocycles. The average Bonchev–Trinajstić information content (AvgIpc) is 3.18. The van der Waals surface area contributed by atoms with Crippen LogP contribution in [0.3, 0.4) is 0 Å². The third-order valence-corrected chi connectivity index (χ3v) is 6.16. The van der Waals surface area contributed by atoms with E-state index < -0.39 is 0 Å². The summed E-state index contributed by atoms with van der Waals surface area (Å²) in [6, 6.07) is 13.6. The van der Waals surface area contributed by atoms with Gasteiger partial charge in [0.05, 0.1) is 10.6 Å². The minimum Gasteiger partial charge on any atom is -0.338 e. The summed E-state index contributed by atoms with van der Waals surface area (Å²) in [5, 5.41) is 10.3. The van der Waals surface area contributed by atoms with Crippen LogP contribution in [0.15, 0.2) is 48.5 Å². The van der Waals surface area contributed by atoms with Gasteiger partial charge < -0.3 is 4.90 Å². The molecule has 1 aliphatic heterocycles. The fraction of sp³-hybridized carbons (Fsp3) is 0.250. The first-order chi connectivity index (χ1) is 13.1. The molecule has 27 heavy (non-hydrogen) atoms. The summed E-state index contributed by atoms with van der Waals surface area (Å²) in [7, 11) is 0. The van der Waals surface area contributed by atoms with Crippen molar-refractivity contribution in [3.05, 3.63) is 69.9 Å². The van der Waals surface area contributed by atoms with Crippen molar-refractivity contribution in [3.63, 3.8) is 0 Å². The number of halogens is 2. The number of carbonyl (C=O) groups is 1. The Bertz CT molecular complexity index is 977. The second kappa shape index (κ2) is 7.74. The number of amides is 1. The molecule has 1 aromatic heterocycles. The fourth-order valence-electron chi connectivity index (χ4n) is 3.31. The van der Waals surface area contributed by atoms with Gasteiger partial charge in [0.25, 0.3) is 5.91 Å². The van der Waals surface area contributed by atoms with Gasteiger partial charge in [-0.2, -0.15) is 0 Å². The number of nitrogens with zero attached hydrogens (tertiary/aromatic N) is 3. The smallest absolute Gasteiger partial charge is 0.255 e. The highest BCUT2D eigenvalue weighted by atomic mass is 35.5. The highest BCUT2D eigenvalue weighted by molar-refractivity contribution is 7.14. The van der Waals surface area contributed by atoms with Crippen molar-refractivity contribution in [1.82, 2.24) is 15.1 Å². The Morgan fingerprint density at radius 1 is 1.15 bits per heavy atom. The maximum Gasteiger partial charge on any atom is 0.255 e.